The molecule has 2 bridgehead atoms. The van der Waals surface area contributed by atoms with Crippen molar-refractivity contribution in [2.75, 3.05) is 20.7 Å². The Morgan fingerprint density at radius 3 is 2.46 bits per heavy atom. The van der Waals surface area contributed by atoms with Gasteiger partial charge in [0, 0.05) is 56.2 Å². The van der Waals surface area contributed by atoms with Crippen molar-refractivity contribution in [3.63, 3.8) is 0 Å². The van der Waals surface area contributed by atoms with E-state index in [2.05, 4.69) is 34.4 Å². The van der Waals surface area contributed by atoms with Crippen molar-refractivity contribution in [2.45, 2.75) is 113 Å². The number of nitrogens with zero attached hydrogens (tertiary/aromatic N) is 2. The molecule has 8 aliphatic rings. The number of carbonyl (C=O) groups excluding carboxylic acids is 1. The zero-order valence-corrected chi connectivity index (χ0v) is 21.7. The summed E-state index contributed by atoms with van der Waals surface area (Å²) in [4.78, 5) is 19.4. The van der Waals surface area contributed by atoms with E-state index in [1.807, 2.05) is 7.11 Å². The van der Waals surface area contributed by atoms with E-state index >= 15 is 0 Å². The Bertz CT molecular complexity index is 901. The van der Waals surface area contributed by atoms with Crippen LogP contribution in [0.1, 0.15) is 64.7 Å². The van der Waals surface area contributed by atoms with Crippen LogP contribution in [0.3, 0.4) is 0 Å². The van der Waals surface area contributed by atoms with Crippen molar-refractivity contribution in [1.29, 1.82) is 0 Å². The molecular formula is C28H44N4O3. The first-order valence-electron chi connectivity index (χ1n) is 14.8. The summed E-state index contributed by atoms with van der Waals surface area (Å²) in [5.41, 5.74) is -0.311. The molecule has 7 nitrogen and oxygen atoms in total. The average Bonchev–Trinajstić information content (AvgIpc) is 3.51. The van der Waals surface area contributed by atoms with E-state index in [9.17, 15) is 4.79 Å². The molecule has 14 atom stereocenters. The molecule has 1 amide bonds. The van der Waals surface area contributed by atoms with Crippen molar-refractivity contribution >= 4 is 5.91 Å². The Morgan fingerprint density at radius 2 is 1.71 bits per heavy atom. The minimum atomic E-state index is -0.311. The van der Waals surface area contributed by atoms with Crippen LogP contribution in [0.4, 0.5) is 0 Å². The SMILES string of the molecule is CN[C@@H]1C[C@@]2(C)O[C@@H]([C@@H]1OC)N1C3CCCCC3C3C4CNC(=O)C4C4C5CCCCC5N2C4C31. The van der Waals surface area contributed by atoms with Gasteiger partial charge < -0.3 is 20.1 Å². The van der Waals surface area contributed by atoms with E-state index in [-0.39, 0.29) is 30.0 Å². The number of hydrogen-bond donors (Lipinski definition) is 2. The molecule has 8 rings (SSSR count). The predicted octanol–water partition coefficient (Wildman–Crippen LogP) is 2.16. The molecule has 0 aromatic heterocycles. The highest BCUT2D eigenvalue weighted by Crippen LogP contribution is 2.65. The number of hydrogen-bond acceptors (Lipinski definition) is 6. The van der Waals surface area contributed by atoms with Gasteiger partial charge in [0.2, 0.25) is 5.91 Å². The predicted molar refractivity (Wildman–Crippen MR) is 131 cm³/mol. The van der Waals surface area contributed by atoms with Crippen molar-refractivity contribution < 1.29 is 14.3 Å². The highest BCUT2D eigenvalue weighted by molar-refractivity contribution is 5.82. The van der Waals surface area contributed by atoms with E-state index in [0.29, 0.717) is 59.7 Å². The summed E-state index contributed by atoms with van der Waals surface area (Å²) in [6.45, 7) is 3.29. The smallest absolute Gasteiger partial charge is 0.223 e. The van der Waals surface area contributed by atoms with Gasteiger partial charge in [-0.05, 0) is 69.2 Å². The fourth-order valence-electron chi connectivity index (χ4n) is 11.6. The van der Waals surface area contributed by atoms with Crippen LogP contribution in [0.25, 0.3) is 0 Å². The van der Waals surface area contributed by atoms with E-state index < -0.39 is 0 Å². The summed E-state index contributed by atoms with van der Waals surface area (Å²) < 4.78 is 13.6. The molecule has 0 aromatic carbocycles. The van der Waals surface area contributed by atoms with E-state index in [4.69, 9.17) is 9.47 Å². The second-order valence-corrected chi connectivity index (χ2v) is 13.4. The van der Waals surface area contributed by atoms with Gasteiger partial charge in [0.1, 0.15) is 18.1 Å². The molecular weight excluding hydrogens is 440 g/mol. The summed E-state index contributed by atoms with van der Waals surface area (Å²) in [7, 11) is 3.99. The standard InChI is InChI=1S/C28H44N4O3/c1-28-12-17(29-2)25(34-3)27(35-28)31-18-10-6-4-8-14(18)20-16-13-30-26(33)22(16)21-15-9-5-7-11-19(15)32(28)24(21)23(20)31/h14-25,27,29H,4-13H2,1-3H3,(H,30,33)/t14?,15?,16?,17-,18?,19?,20?,21?,22?,23?,24?,25-,27+,28-/m1/s1. The van der Waals surface area contributed by atoms with Crippen molar-refractivity contribution in [2.24, 2.45) is 35.5 Å². The van der Waals surface area contributed by atoms with Gasteiger partial charge in [0.05, 0.1) is 0 Å². The van der Waals surface area contributed by atoms with Gasteiger partial charge in [-0.3, -0.25) is 14.6 Å². The maximum atomic E-state index is 13.6. The maximum Gasteiger partial charge on any atom is 0.223 e. The number of carbonyl (C=O) groups is 1. The van der Waals surface area contributed by atoms with Crippen LogP contribution >= 0.6 is 0 Å². The fraction of sp³-hybridized carbons (Fsp3) is 0.964. The minimum absolute atomic E-state index is 0.00768. The largest absolute Gasteiger partial charge is 0.376 e. The molecule has 0 spiro atoms. The molecule has 0 aromatic rings. The second-order valence-electron chi connectivity index (χ2n) is 13.4. The van der Waals surface area contributed by atoms with Crippen LogP contribution in [-0.4, -0.2) is 84.7 Å². The molecule has 5 heterocycles. The average molecular weight is 485 g/mol. The second kappa shape index (κ2) is 7.66. The molecule has 194 valence electrons. The van der Waals surface area contributed by atoms with Crippen molar-refractivity contribution in [1.82, 2.24) is 20.4 Å². The van der Waals surface area contributed by atoms with Crippen molar-refractivity contribution in [3.05, 3.63) is 0 Å². The van der Waals surface area contributed by atoms with Gasteiger partial charge in [-0.15, -0.1) is 0 Å². The number of methoxy groups -OCH3 is 1. The minimum Gasteiger partial charge on any atom is -0.376 e. The number of amides is 1. The highest BCUT2D eigenvalue weighted by Gasteiger charge is 2.74. The molecule has 2 N–H and O–H groups in total. The van der Waals surface area contributed by atoms with Crippen LogP contribution in [-0.2, 0) is 14.3 Å². The molecule has 35 heavy (non-hydrogen) atoms. The molecule has 3 aliphatic carbocycles. The van der Waals surface area contributed by atoms with Crippen LogP contribution in [0.5, 0.6) is 0 Å². The van der Waals surface area contributed by atoms with Crippen LogP contribution < -0.4 is 10.6 Å². The summed E-state index contributed by atoms with van der Waals surface area (Å²) in [5.74, 6) is 3.49. The maximum absolute atomic E-state index is 13.6. The van der Waals surface area contributed by atoms with Crippen LogP contribution in [0.2, 0.25) is 0 Å². The number of likely N-dealkylation sites (N-methyl/N-ethyl adjacent to an activating group) is 1. The third-order valence-corrected chi connectivity index (χ3v) is 12.4. The first kappa shape index (κ1) is 22.3. The lowest BCUT2D eigenvalue weighted by molar-refractivity contribution is -0.276. The van der Waals surface area contributed by atoms with Gasteiger partial charge in [-0.25, -0.2) is 0 Å². The molecule has 7 heteroatoms. The first-order valence-corrected chi connectivity index (χ1v) is 14.8. The molecule has 0 radical (unpaired) electrons. The molecule has 5 saturated heterocycles. The van der Waals surface area contributed by atoms with E-state index in [1.54, 1.807) is 0 Å². The molecule has 5 aliphatic heterocycles. The van der Waals surface area contributed by atoms with Gasteiger partial charge in [0.25, 0.3) is 0 Å². The number of rotatable bonds is 2. The van der Waals surface area contributed by atoms with Crippen LogP contribution in [0, 0.1) is 35.5 Å². The molecule has 8 fully saturated rings. The Hall–Kier alpha value is -0.730. The topological polar surface area (TPSA) is 66.1 Å². The third-order valence-electron chi connectivity index (χ3n) is 12.4. The monoisotopic (exact) mass is 484 g/mol. The normalized spacial score (nSPS) is 58.7. The Kier molecular flexibility index (Phi) is 4.87. The third kappa shape index (κ3) is 2.68. The molecule has 10 unspecified atom stereocenters. The lowest BCUT2D eigenvalue weighted by Crippen LogP contribution is -2.66. The fourth-order valence-corrected chi connectivity index (χ4v) is 11.6. The van der Waals surface area contributed by atoms with Gasteiger partial charge in [-0.2, -0.15) is 0 Å². The number of fused-ring (bicyclic) bond motifs is 13. The summed E-state index contributed by atoms with van der Waals surface area (Å²) in [6.07, 6.45) is 11.4. The first-order chi connectivity index (χ1) is 17.1. The van der Waals surface area contributed by atoms with Gasteiger partial charge in [0.15, 0.2) is 0 Å². The van der Waals surface area contributed by atoms with Crippen LogP contribution in [0.15, 0.2) is 0 Å². The Labute approximate surface area is 210 Å². The number of nitrogens with one attached hydrogen (secondary N) is 2. The van der Waals surface area contributed by atoms with Gasteiger partial charge >= 0.3 is 0 Å². The van der Waals surface area contributed by atoms with Gasteiger partial charge in [-0.1, -0.05) is 25.7 Å². The van der Waals surface area contributed by atoms with Crippen molar-refractivity contribution in [3.8, 4) is 0 Å². The zero-order chi connectivity index (χ0) is 23.6. The quantitative estimate of drug-likeness (QED) is 0.626. The number of ether oxygens (including phenoxy) is 2. The highest BCUT2D eigenvalue weighted by atomic mass is 16.6. The molecule has 3 saturated carbocycles. The van der Waals surface area contributed by atoms with E-state index in [1.165, 1.54) is 51.4 Å². The lowest BCUT2D eigenvalue weighted by Gasteiger charge is -2.53. The van der Waals surface area contributed by atoms with E-state index in [0.717, 1.165) is 13.0 Å². The summed E-state index contributed by atoms with van der Waals surface area (Å²) in [6, 6.07) is 2.32. The Balaban J connectivity index is 1.36. The summed E-state index contributed by atoms with van der Waals surface area (Å²) in [5, 5.41) is 7.05. The lowest BCUT2D eigenvalue weighted by atomic mass is 9.57. The zero-order valence-electron chi connectivity index (χ0n) is 21.7. The summed E-state index contributed by atoms with van der Waals surface area (Å²) >= 11 is 0. The Morgan fingerprint density at radius 1 is 1.00 bits per heavy atom.